The van der Waals surface area contributed by atoms with Crippen LogP contribution in [0.3, 0.4) is 0 Å². The van der Waals surface area contributed by atoms with Gasteiger partial charge in [0, 0.05) is 6.54 Å². The summed E-state index contributed by atoms with van der Waals surface area (Å²) in [5, 5.41) is 0.784. The number of hydrogen-bond acceptors (Lipinski definition) is 3. The van der Waals surface area contributed by atoms with Crippen molar-refractivity contribution in [1.29, 1.82) is 0 Å². The molecule has 0 saturated heterocycles. The van der Waals surface area contributed by atoms with Crippen LogP contribution in [0.25, 0.3) is 0 Å². The number of hydrogen-bond donors (Lipinski definition) is 2. The summed E-state index contributed by atoms with van der Waals surface area (Å²) in [6.07, 6.45) is 0. The number of nitrogens with zero attached hydrogens (tertiary/aromatic N) is 1. The molecule has 0 aliphatic rings. The van der Waals surface area contributed by atoms with Crippen LogP contribution in [0.5, 0.6) is 0 Å². The molecule has 4 nitrogen and oxygen atoms in total. The van der Waals surface area contributed by atoms with Crippen LogP contribution in [0.2, 0.25) is 10.0 Å². The average molecular weight is 262 g/mol. The van der Waals surface area contributed by atoms with Crippen LogP contribution in [-0.4, -0.2) is 19.0 Å². The highest BCUT2D eigenvalue weighted by Gasteiger charge is 2.12. The Morgan fingerprint density at radius 3 is 2.44 bits per heavy atom. The van der Waals surface area contributed by atoms with E-state index in [2.05, 4.69) is 0 Å². The maximum atomic E-state index is 10.9. The number of primary amides is 1. The zero-order chi connectivity index (χ0) is 12.3. The van der Waals surface area contributed by atoms with Gasteiger partial charge >= 0.3 is 0 Å². The Balaban J connectivity index is 3.09. The minimum atomic E-state index is -0.424. The fourth-order valence-corrected chi connectivity index (χ4v) is 1.71. The Bertz CT molecular complexity index is 409. The Morgan fingerprint density at radius 1 is 1.38 bits per heavy atom. The molecule has 0 fully saturated rings. The lowest BCUT2D eigenvalue weighted by atomic mass is 10.2. The third-order valence-corrected chi connectivity index (χ3v) is 2.86. The molecule has 0 radical (unpaired) electrons. The quantitative estimate of drug-likeness (QED) is 0.814. The van der Waals surface area contributed by atoms with Crippen molar-refractivity contribution < 1.29 is 4.79 Å². The number of anilines is 2. The van der Waals surface area contributed by atoms with Crippen LogP contribution in [0.1, 0.15) is 6.92 Å². The number of nitrogen functional groups attached to an aromatic ring is 1. The first kappa shape index (κ1) is 12.9. The molecule has 0 unspecified atom stereocenters. The molecule has 0 aromatic heterocycles. The summed E-state index contributed by atoms with van der Waals surface area (Å²) in [6, 6.07) is 3.19. The highest BCUT2D eigenvalue weighted by atomic mass is 35.5. The van der Waals surface area contributed by atoms with Gasteiger partial charge in [-0.15, -0.1) is 0 Å². The fraction of sp³-hybridized carbons (Fsp3) is 0.300. The number of carbonyl (C=O) groups excluding carboxylic acids is 1. The molecule has 0 saturated carbocycles. The molecule has 0 aliphatic heterocycles. The summed E-state index contributed by atoms with van der Waals surface area (Å²) in [7, 11) is 0. The van der Waals surface area contributed by atoms with Crippen molar-refractivity contribution in [2.75, 3.05) is 23.7 Å². The monoisotopic (exact) mass is 261 g/mol. The van der Waals surface area contributed by atoms with Gasteiger partial charge in [-0.1, -0.05) is 23.2 Å². The molecule has 6 heteroatoms. The molecule has 0 aliphatic carbocycles. The molecule has 1 aromatic carbocycles. The number of amides is 1. The first-order chi connectivity index (χ1) is 7.45. The number of likely N-dealkylation sites (N-methyl/N-ethyl adjacent to an activating group) is 1. The molecule has 0 atom stereocenters. The van der Waals surface area contributed by atoms with E-state index < -0.39 is 5.91 Å². The summed E-state index contributed by atoms with van der Waals surface area (Å²) in [5.41, 5.74) is 12.1. The third-order valence-electron chi connectivity index (χ3n) is 2.14. The van der Waals surface area contributed by atoms with Crippen LogP contribution in [0.15, 0.2) is 12.1 Å². The molecule has 16 heavy (non-hydrogen) atoms. The maximum Gasteiger partial charge on any atom is 0.236 e. The van der Waals surface area contributed by atoms with Gasteiger partial charge in [-0.3, -0.25) is 4.79 Å². The average Bonchev–Trinajstić information content (AvgIpc) is 2.20. The SMILES string of the molecule is CCN(CC(N)=O)c1cc(Cl)c(Cl)cc1N. The van der Waals surface area contributed by atoms with Gasteiger partial charge in [0.05, 0.1) is 28.0 Å². The van der Waals surface area contributed by atoms with Gasteiger partial charge in [0.25, 0.3) is 0 Å². The highest BCUT2D eigenvalue weighted by molar-refractivity contribution is 6.42. The number of nitrogens with two attached hydrogens (primary N) is 2. The van der Waals surface area contributed by atoms with Gasteiger partial charge in [-0.05, 0) is 19.1 Å². The molecule has 4 N–H and O–H groups in total. The molecular weight excluding hydrogens is 249 g/mol. The fourth-order valence-electron chi connectivity index (χ4n) is 1.38. The molecule has 0 heterocycles. The molecule has 1 aromatic rings. The first-order valence-electron chi connectivity index (χ1n) is 4.73. The van der Waals surface area contributed by atoms with E-state index in [1.54, 1.807) is 17.0 Å². The minimum absolute atomic E-state index is 0.0959. The lowest BCUT2D eigenvalue weighted by molar-refractivity contribution is -0.116. The van der Waals surface area contributed by atoms with Crippen LogP contribution in [0, 0.1) is 0 Å². The molecule has 1 amide bonds. The van der Waals surface area contributed by atoms with E-state index in [0.717, 1.165) is 0 Å². The third kappa shape index (κ3) is 2.93. The predicted octanol–water partition coefficient (Wildman–Crippen LogP) is 1.89. The van der Waals surface area contributed by atoms with Gasteiger partial charge < -0.3 is 16.4 Å². The van der Waals surface area contributed by atoms with Crippen molar-refractivity contribution in [1.82, 2.24) is 0 Å². The zero-order valence-corrected chi connectivity index (χ0v) is 10.3. The van der Waals surface area contributed by atoms with Crippen molar-refractivity contribution in [2.24, 2.45) is 5.73 Å². The largest absolute Gasteiger partial charge is 0.397 e. The number of rotatable bonds is 4. The van der Waals surface area contributed by atoms with Crippen molar-refractivity contribution in [3.05, 3.63) is 22.2 Å². The summed E-state index contributed by atoms with van der Waals surface area (Å²) in [4.78, 5) is 12.6. The second-order valence-corrected chi connectivity index (χ2v) is 4.12. The normalized spacial score (nSPS) is 10.2. The summed E-state index contributed by atoms with van der Waals surface area (Å²) in [5.74, 6) is -0.424. The Labute approximate surface area is 104 Å². The smallest absolute Gasteiger partial charge is 0.236 e. The second-order valence-electron chi connectivity index (χ2n) is 3.31. The van der Waals surface area contributed by atoms with Crippen molar-refractivity contribution in [3.63, 3.8) is 0 Å². The molecule has 0 spiro atoms. The standard InChI is InChI=1S/C10H13Cl2N3O/c1-2-15(5-10(14)16)9-4-7(12)6(11)3-8(9)13/h3-4H,2,5,13H2,1H3,(H2,14,16). The van der Waals surface area contributed by atoms with Gasteiger partial charge in [-0.25, -0.2) is 0 Å². The van der Waals surface area contributed by atoms with Crippen molar-refractivity contribution in [3.8, 4) is 0 Å². The summed E-state index contributed by atoms with van der Waals surface area (Å²) < 4.78 is 0. The summed E-state index contributed by atoms with van der Waals surface area (Å²) >= 11 is 11.7. The second kappa shape index (κ2) is 5.27. The van der Waals surface area contributed by atoms with Gasteiger partial charge in [0.1, 0.15) is 0 Å². The Kier molecular flexibility index (Phi) is 4.26. The van der Waals surface area contributed by atoms with E-state index in [-0.39, 0.29) is 6.54 Å². The first-order valence-corrected chi connectivity index (χ1v) is 5.49. The van der Waals surface area contributed by atoms with E-state index in [4.69, 9.17) is 34.7 Å². The number of halogens is 2. The van der Waals surface area contributed by atoms with E-state index in [9.17, 15) is 4.79 Å². The minimum Gasteiger partial charge on any atom is -0.397 e. The molecule has 88 valence electrons. The lowest BCUT2D eigenvalue weighted by Gasteiger charge is -2.23. The predicted molar refractivity (Wildman–Crippen MR) is 68.0 cm³/mol. The number of carbonyl (C=O) groups is 1. The zero-order valence-electron chi connectivity index (χ0n) is 8.84. The molecular formula is C10H13Cl2N3O. The number of benzene rings is 1. The summed E-state index contributed by atoms with van der Waals surface area (Å²) in [6.45, 7) is 2.59. The maximum absolute atomic E-state index is 10.9. The van der Waals surface area contributed by atoms with Gasteiger partial charge in [0.15, 0.2) is 0 Å². The van der Waals surface area contributed by atoms with E-state index in [0.29, 0.717) is 28.0 Å². The molecule has 1 rings (SSSR count). The highest BCUT2D eigenvalue weighted by Crippen LogP contribution is 2.32. The Hall–Kier alpha value is -1.13. The lowest BCUT2D eigenvalue weighted by Crippen LogP contribution is -2.34. The van der Waals surface area contributed by atoms with Gasteiger partial charge in [0.2, 0.25) is 5.91 Å². The van der Waals surface area contributed by atoms with Crippen molar-refractivity contribution in [2.45, 2.75) is 6.92 Å². The van der Waals surface area contributed by atoms with E-state index >= 15 is 0 Å². The molecule has 0 bridgehead atoms. The van der Waals surface area contributed by atoms with Gasteiger partial charge in [-0.2, -0.15) is 0 Å². The topological polar surface area (TPSA) is 72.3 Å². The van der Waals surface area contributed by atoms with Crippen LogP contribution in [0.4, 0.5) is 11.4 Å². The van der Waals surface area contributed by atoms with Crippen molar-refractivity contribution >= 4 is 40.5 Å². The van der Waals surface area contributed by atoms with Crippen LogP contribution in [-0.2, 0) is 4.79 Å². The van der Waals surface area contributed by atoms with Crippen LogP contribution < -0.4 is 16.4 Å². The van der Waals surface area contributed by atoms with E-state index in [1.165, 1.54) is 0 Å². The Morgan fingerprint density at radius 2 is 1.94 bits per heavy atom. The van der Waals surface area contributed by atoms with E-state index in [1.807, 2.05) is 6.92 Å². The van der Waals surface area contributed by atoms with Crippen LogP contribution >= 0.6 is 23.2 Å².